The molecular weight excluding hydrogens is 260 g/mol. The van der Waals surface area contributed by atoms with Crippen molar-refractivity contribution in [3.63, 3.8) is 0 Å². The molecule has 110 valence electrons. The fourth-order valence-electron chi connectivity index (χ4n) is 3.33. The summed E-state index contributed by atoms with van der Waals surface area (Å²) in [6.07, 6.45) is 7.37. The molecule has 4 nitrogen and oxygen atoms in total. The lowest BCUT2D eigenvalue weighted by Gasteiger charge is -2.29. The van der Waals surface area contributed by atoms with Gasteiger partial charge in [-0.2, -0.15) is 11.8 Å². The molecule has 5 heteroatoms. The van der Waals surface area contributed by atoms with Gasteiger partial charge < -0.3 is 15.7 Å². The molecular formula is C14H26N2O2S. The average Bonchev–Trinajstić information content (AvgIpc) is 2.66. The summed E-state index contributed by atoms with van der Waals surface area (Å²) in [6.45, 7) is 2.12. The van der Waals surface area contributed by atoms with Crippen molar-refractivity contribution in [3.05, 3.63) is 0 Å². The molecule has 0 aromatic rings. The first kappa shape index (κ1) is 15.1. The van der Waals surface area contributed by atoms with E-state index >= 15 is 0 Å². The van der Waals surface area contributed by atoms with Crippen LogP contribution in [-0.4, -0.2) is 47.3 Å². The number of hydrogen-bond acceptors (Lipinski definition) is 4. The summed E-state index contributed by atoms with van der Waals surface area (Å²) in [4.78, 5) is 11.9. The Morgan fingerprint density at radius 1 is 1.42 bits per heavy atom. The van der Waals surface area contributed by atoms with Crippen molar-refractivity contribution < 1.29 is 9.90 Å². The number of amides is 1. The van der Waals surface area contributed by atoms with Crippen LogP contribution in [0, 0.1) is 5.92 Å². The van der Waals surface area contributed by atoms with Gasteiger partial charge in [-0.3, -0.25) is 4.79 Å². The molecule has 1 amide bonds. The number of hydrogen-bond donors (Lipinski definition) is 3. The highest BCUT2D eigenvalue weighted by Gasteiger charge is 2.34. The highest BCUT2D eigenvalue weighted by Crippen LogP contribution is 2.32. The highest BCUT2D eigenvalue weighted by molar-refractivity contribution is 7.98. The second kappa shape index (κ2) is 6.46. The molecule has 2 aliphatic heterocycles. The second-order valence-corrected chi connectivity index (χ2v) is 7.25. The molecule has 2 rings (SSSR count). The van der Waals surface area contributed by atoms with E-state index in [2.05, 4.69) is 10.6 Å². The zero-order chi connectivity index (χ0) is 13.9. The predicted octanol–water partition coefficient (Wildman–Crippen LogP) is 1.14. The van der Waals surface area contributed by atoms with Gasteiger partial charge in [0.1, 0.15) is 0 Å². The van der Waals surface area contributed by atoms with Gasteiger partial charge >= 0.3 is 0 Å². The molecule has 0 saturated carbocycles. The number of aliphatic hydroxyl groups is 1. The molecule has 3 N–H and O–H groups in total. The topological polar surface area (TPSA) is 61.4 Å². The van der Waals surface area contributed by atoms with Crippen LogP contribution in [-0.2, 0) is 4.79 Å². The smallest absolute Gasteiger partial charge is 0.220 e. The molecule has 2 heterocycles. The third-order valence-electron chi connectivity index (χ3n) is 4.17. The van der Waals surface area contributed by atoms with Gasteiger partial charge in [-0.25, -0.2) is 0 Å². The van der Waals surface area contributed by atoms with E-state index in [4.69, 9.17) is 0 Å². The van der Waals surface area contributed by atoms with Gasteiger partial charge in [0.05, 0.1) is 5.60 Å². The molecule has 0 spiro atoms. The van der Waals surface area contributed by atoms with Crippen molar-refractivity contribution in [1.82, 2.24) is 10.6 Å². The van der Waals surface area contributed by atoms with Crippen LogP contribution in [0.5, 0.6) is 0 Å². The van der Waals surface area contributed by atoms with Gasteiger partial charge in [-0.1, -0.05) is 0 Å². The fourth-order valence-corrected chi connectivity index (χ4v) is 4.05. The molecule has 0 radical (unpaired) electrons. The second-order valence-electron chi connectivity index (χ2n) is 6.39. The molecule has 3 atom stereocenters. The summed E-state index contributed by atoms with van der Waals surface area (Å²) in [5.41, 5.74) is -0.803. The maximum atomic E-state index is 11.9. The summed E-state index contributed by atoms with van der Waals surface area (Å²) in [5, 5.41) is 16.5. The summed E-state index contributed by atoms with van der Waals surface area (Å²) in [5.74, 6) is 1.25. The lowest BCUT2D eigenvalue weighted by molar-refractivity contribution is -0.123. The van der Waals surface area contributed by atoms with Gasteiger partial charge in [0, 0.05) is 30.8 Å². The Kier molecular flexibility index (Phi) is 5.15. The third-order valence-corrected chi connectivity index (χ3v) is 5.08. The molecule has 2 fully saturated rings. The average molecular weight is 286 g/mol. The van der Waals surface area contributed by atoms with Crippen LogP contribution in [0.3, 0.4) is 0 Å². The monoisotopic (exact) mass is 286 g/mol. The number of carbonyl (C=O) groups excluding carboxylic acids is 1. The molecule has 2 bridgehead atoms. The summed E-state index contributed by atoms with van der Waals surface area (Å²) < 4.78 is 0. The van der Waals surface area contributed by atoms with Crippen molar-refractivity contribution in [2.24, 2.45) is 5.92 Å². The Balaban J connectivity index is 1.70. The van der Waals surface area contributed by atoms with E-state index in [1.54, 1.807) is 18.7 Å². The Labute approximate surface area is 120 Å². The normalized spacial score (nSPS) is 32.9. The molecule has 3 unspecified atom stereocenters. The number of fused-ring (bicyclic) bond motifs is 2. The highest BCUT2D eigenvalue weighted by atomic mass is 32.2. The maximum Gasteiger partial charge on any atom is 0.220 e. The Hall–Kier alpha value is -0.260. The van der Waals surface area contributed by atoms with Gasteiger partial charge in [0.2, 0.25) is 5.91 Å². The maximum absolute atomic E-state index is 11.9. The molecule has 0 aliphatic carbocycles. The van der Waals surface area contributed by atoms with Crippen molar-refractivity contribution >= 4 is 17.7 Å². The Morgan fingerprint density at radius 2 is 2.05 bits per heavy atom. The van der Waals surface area contributed by atoms with Crippen LogP contribution >= 0.6 is 11.8 Å². The predicted molar refractivity (Wildman–Crippen MR) is 79.3 cm³/mol. The van der Waals surface area contributed by atoms with Crippen molar-refractivity contribution in [2.75, 3.05) is 18.6 Å². The third kappa shape index (κ3) is 4.65. The largest absolute Gasteiger partial charge is 0.387 e. The zero-order valence-corrected chi connectivity index (χ0v) is 12.8. The number of rotatable bonds is 6. The summed E-state index contributed by atoms with van der Waals surface area (Å²) in [6, 6.07) is 1.27. The molecule has 0 aromatic carbocycles. The zero-order valence-electron chi connectivity index (χ0n) is 11.9. The number of carbonyl (C=O) groups is 1. The first-order valence-corrected chi connectivity index (χ1v) is 8.62. The number of thioether (sulfide) groups is 1. The first-order valence-electron chi connectivity index (χ1n) is 7.22. The van der Waals surface area contributed by atoms with Crippen molar-refractivity contribution in [2.45, 2.75) is 56.7 Å². The summed E-state index contributed by atoms with van der Waals surface area (Å²) >= 11 is 1.60. The van der Waals surface area contributed by atoms with E-state index in [1.807, 2.05) is 6.26 Å². The van der Waals surface area contributed by atoms with Crippen LogP contribution in [0.25, 0.3) is 0 Å². The van der Waals surface area contributed by atoms with E-state index in [-0.39, 0.29) is 5.91 Å². The van der Waals surface area contributed by atoms with Gasteiger partial charge in [-0.15, -0.1) is 0 Å². The van der Waals surface area contributed by atoms with Crippen LogP contribution in [0.4, 0.5) is 0 Å². The lowest BCUT2D eigenvalue weighted by Crippen LogP contribution is -2.44. The molecule has 2 saturated heterocycles. The minimum Gasteiger partial charge on any atom is -0.387 e. The van der Waals surface area contributed by atoms with Crippen LogP contribution < -0.4 is 10.6 Å². The van der Waals surface area contributed by atoms with Crippen LogP contribution in [0.15, 0.2) is 0 Å². The van der Waals surface area contributed by atoms with Crippen LogP contribution in [0.2, 0.25) is 0 Å². The van der Waals surface area contributed by atoms with Crippen molar-refractivity contribution in [1.29, 1.82) is 0 Å². The minimum atomic E-state index is -0.803. The molecule has 2 aliphatic rings. The van der Waals surface area contributed by atoms with Crippen LogP contribution in [0.1, 0.15) is 39.0 Å². The van der Waals surface area contributed by atoms with E-state index in [0.29, 0.717) is 36.7 Å². The van der Waals surface area contributed by atoms with Gasteiger partial charge in [0.15, 0.2) is 0 Å². The summed E-state index contributed by atoms with van der Waals surface area (Å²) in [7, 11) is 0. The Morgan fingerprint density at radius 3 is 2.63 bits per heavy atom. The molecule has 19 heavy (non-hydrogen) atoms. The van der Waals surface area contributed by atoms with Gasteiger partial charge in [0.25, 0.3) is 0 Å². The van der Waals surface area contributed by atoms with Crippen molar-refractivity contribution in [3.8, 4) is 0 Å². The SMILES string of the molecule is CSCC(C)(O)CNC(=O)CC1CC2CCC(C1)N2. The first-order chi connectivity index (χ1) is 8.98. The minimum absolute atomic E-state index is 0.0904. The van der Waals surface area contributed by atoms with Gasteiger partial charge in [-0.05, 0) is 44.8 Å². The van der Waals surface area contributed by atoms with E-state index < -0.39 is 5.60 Å². The Bertz CT molecular complexity index is 311. The lowest BCUT2D eigenvalue weighted by atomic mass is 9.89. The standard InChI is InChI=1S/C14H26N2O2S/c1-14(18,9-19-2)8-15-13(17)7-10-5-11-3-4-12(6-10)16-11/h10-12,16,18H,3-9H2,1-2H3,(H,15,17). The van der Waals surface area contributed by atoms with E-state index in [1.165, 1.54) is 12.8 Å². The van der Waals surface area contributed by atoms with E-state index in [0.717, 1.165) is 12.8 Å². The number of nitrogens with one attached hydrogen (secondary N) is 2. The fraction of sp³-hybridized carbons (Fsp3) is 0.929. The number of piperidine rings is 1. The quantitative estimate of drug-likeness (QED) is 0.685. The van der Waals surface area contributed by atoms with E-state index in [9.17, 15) is 9.90 Å². The molecule has 0 aromatic heterocycles.